The molecule has 5 rings (SSSR count). The Hall–Kier alpha value is -3.16. The van der Waals surface area contributed by atoms with Crippen LogP contribution < -0.4 is 4.74 Å². The zero-order valence-corrected chi connectivity index (χ0v) is 21.6. The molecule has 0 bridgehead atoms. The zero-order valence-electron chi connectivity index (χ0n) is 20.8. The van der Waals surface area contributed by atoms with Gasteiger partial charge in [0.05, 0.1) is 25.0 Å². The molecule has 0 saturated carbocycles. The lowest BCUT2D eigenvalue weighted by molar-refractivity contribution is -0.165. The van der Waals surface area contributed by atoms with E-state index < -0.39 is 17.7 Å². The molecular formula is C28H30N2O4S. The van der Waals surface area contributed by atoms with E-state index in [-0.39, 0.29) is 0 Å². The summed E-state index contributed by atoms with van der Waals surface area (Å²) in [5.74, 6) is 0.468. The van der Waals surface area contributed by atoms with Gasteiger partial charge in [0.2, 0.25) is 0 Å². The van der Waals surface area contributed by atoms with Crippen molar-refractivity contribution < 1.29 is 19.0 Å². The van der Waals surface area contributed by atoms with E-state index in [2.05, 4.69) is 23.6 Å². The third kappa shape index (κ3) is 4.46. The number of ether oxygens (including phenoxy) is 3. The van der Waals surface area contributed by atoms with E-state index in [4.69, 9.17) is 19.3 Å². The molecule has 1 atom stereocenters. The molecule has 7 heteroatoms. The second-order valence-electron chi connectivity index (χ2n) is 9.79. The van der Waals surface area contributed by atoms with Crippen molar-refractivity contribution in [1.29, 1.82) is 0 Å². The SMILES string of the molecule is COC(=O)C(OC(C)(C)C)c1c(-c2ccc3c(c2)CCCO3)c(-c2csc3ccccc23)nn1C. The molecule has 0 fully saturated rings. The van der Waals surface area contributed by atoms with Gasteiger partial charge >= 0.3 is 5.97 Å². The van der Waals surface area contributed by atoms with Crippen LogP contribution in [0.5, 0.6) is 5.75 Å². The molecule has 35 heavy (non-hydrogen) atoms. The number of carbonyl (C=O) groups excluding carboxylic acids is 1. The molecule has 4 aromatic rings. The topological polar surface area (TPSA) is 62.6 Å². The molecular weight excluding hydrogens is 460 g/mol. The van der Waals surface area contributed by atoms with Crippen LogP contribution in [-0.2, 0) is 27.7 Å². The largest absolute Gasteiger partial charge is 0.493 e. The minimum atomic E-state index is -0.932. The van der Waals surface area contributed by atoms with Gasteiger partial charge < -0.3 is 14.2 Å². The van der Waals surface area contributed by atoms with E-state index in [1.807, 2.05) is 52.1 Å². The van der Waals surface area contributed by atoms with Crippen molar-refractivity contribution in [3.8, 4) is 28.1 Å². The first kappa shape index (κ1) is 23.6. The highest BCUT2D eigenvalue weighted by molar-refractivity contribution is 7.17. The maximum atomic E-state index is 13.1. The number of thiophene rings is 1. The van der Waals surface area contributed by atoms with Crippen molar-refractivity contribution in [3.05, 3.63) is 59.1 Å². The number of fused-ring (bicyclic) bond motifs is 2. The summed E-state index contributed by atoms with van der Waals surface area (Å²) >= 11 is 1.69. The van der Waals surface area contributed by atoms with Crippen molar-refractivity contribution in [2.45, 2.75) is 45.3 Å². The number of benzene rings is 2. The highest BCUT2D eigenvalue weighted by Crippen LogP contribution is 2.44. The van der Waals surface area contributed by atoms with E-state index in [9.17, 15) is 4.79 Å². The summed E-state index contributed by atoms with van der Waals surface area (Å²) in [6.07, 6.45) is 1.00. The highest BCUT2D eigenvalue weighted by atomic mass is 32.1. The summed E-state index contributed by atoms with van der Waals surface area (Å²) < 4.78 is 20.3. The second kappa shape index (κ2) is 9.13. The monoisotopic (exact) mass is 490 g/mol. The number of methoxy groups -OCH3 is 1. The summed E-state index contributed by atoms with van der Waals surface area (Å²) in [6.45, 7) is 6.54. The number of aromatic nitrogens is 2. The van der Waals surface area contributed by atoms with Crippen molar-refractivity contribution >= 4 is 27.4 Å². The predicted molar refractivity (Wildman–Crippen MR) is 139 cm³/mol. The highest BCUT2D eigenvalue weighted by Gasteiger charge is 2.35. The van der Waals surface area contributed by atoms with Gasteiger partial charge in [0.1, 0.15) is 11.4 Å². The number of carbonyl (C=O) groups is 1. The molecule has 0 amide bonds. The molecule has 182 valence electrons. The first-order valence-corrected chi connectivity index (χ1v) is 12.7. The molecule has 1 aliphatic rings. The second-order valence-corrected chi connectivity index (χ2v) is 10.7. The van der Waals surface area contributed by atoms with E-state index in [1.54, 1.807) is 16.0 Å². The molecule has 0 radical (unpaired) electrons. The normalized spacial score (nSPS) is 14.4. The minimum absolute atomic E-state index is 0.452. The summed E-state index contributed by atoms with van der Waals surface area (Å²) in [4.78, 5) is 13.1. The average molecular weight is 491 g/mol. The lowest BCUT2D eigenvalue weighted by atomic mass is 9.93. The smallest absolute Gasteiger partial charge is 0.341 e. The Morgan fingerprint density at radius 2 is 2.00 bits per heavy atom. The molecule has 0 aliphatic carbocycles. The fraction of sp³-hybridized carbons (Fsp3) is 0.357. The average Bonchev–Trinajstić information content (AvgIpc) is 3.42. The standard InChI is InChI=1S/C28H30N2O4S/c1-28(2,3)34-26(27(31)32-5)25-23(18-12-13-21-17(15-18)9-8-14-33-21)24(29-30(25)4)20-16-35-22-11-7-6-10-19(20)22/h6-7,10-13,15-16,26H,8-9,14H2,1-5H3. The van der Waals surface area contributed by atoms with Crippen LogP contribution in [0.25, 0.3) is 32.5 Å². The molecule has 0 saturated heterocycles. The predicted octanol–water partition coefficient (Wildman–Crippen LogP) is 6.32. The fourth-order valence-electron chi connectivity index (χ4n) is 4.66. The van der Waals surface area contributed by atoms with Gasteiger partial charge in [0.25, 0.3) is 0 Å². The van der Waals surface area contributed by atoms with Crippen molar-refractivity contribution in [1.82, 2.24) is 9.78 Å². The Balaban J connectivity index is 1.78. The van der Waals surface area contributed by atoms with Gasteiger partial charge in [-0.25, -0.2) is 4.79 Å². The number of rotatable bonds is 5. The van der Waals surface area contributed by atoms with Gasteiger partial charge in [-0.3, -0.25) is 4.68 Å². The Kier molecular flexibility index (Phi) is 6.15. The van der Waals surface area contributed by atoms with Crippen LogP contribution in [0.15, 0.2) is 47.8 Å². The first-order valence-electron chi connectivity index (χ1n) is 11.8. The molecule has 1 aliphatic heterocycles. The Labute approximate surface area is 209 Å². The number of hydrogen-bond donors (Lipinski definition) is 0. The van der Waals surface area contributed by atoms with Gasteiger partial charge in [-0.2, -0.15) is 5.10 Å². The number of hydrogen-bond acceptors (Lipinski definition) is 6. The van der Waals surface area contributed by atoms with Gasteiger partial charge in [-0.1, -0.05) is 24.3 Å². The number of aryl methyl sites for hydroxylation is 2. The number of esters is 1. The summed E-state index contributed by atoms with van der Waals surface area (Å²) in [5.41, 5.74) is 4.99. The Morgan fingerprint density at radius 1 is 1.20 bits per heavy atom. The van der Waals surface area contributed by atoms with E-state index >= 15 is 0 Å². The molecule has 6 nitrogen and oxygen atoms in total. The third-order valence-electron chi connectivity index (χ3n) is 6.16. The van der Waals surface area contributed by atoms with Gasteiger partial charge in [-0.05, 0) is 62.9 Å². The lowest BCUT2D eigenvalue weighted by Crippen LogP contribution is -2.29. The minimum Gasteiger partial charge on any atom is -0.493 e. The maximum Gasteiger partial charge on any atom is 0.341 e. The van der Waals surface area contributed by atoms with E-state index in [1.165, 1.54) is 11.8 Å². The quantitative estimate of drug-likeness (QED) is 0.306. The van der Waals surface area contributed by atoms with Gasteiger partial charge in [0, 0.05) is 33.6 Å². The van der Waals surface area contributed by atoms with E-state index in [0.717, 1.165) is 58.5 Å². The van der Waals surface area contributed by atoms with Crippen LogP contribution in [0.2, 0.25) is 0 Å². The zero-order chi connectivity index (χ0) is 24.7. The molecule has 2 aromatic carbocycles. The van der Waals surface area contributed by atoms with Gasteiger partial charge in [0.15, 0.2) is 6.10 Å². The number of nitrogens with zero attached hydrogens (tertiary/aromatic N) is 2. The van der Waals surface area contributed by atoms with Crippen LogP contribution in [-0.4, -0.2) is 35.1 Å². The molecule has 2 aromatic heterocycles. The van der Waals surface area contributed by atoms with Crippen LogP contribution >= 0.6 is 11.3 Å². The molecule has 0 N–H and O–H groups in total. The van der Waals surface area contributed by atoms with Crippen LogP contribution in [0.1, 0.15) is 44.6 Å². The molecule has 1 unspecified atom stereocenters. The van der Waals surface area contributed by atoms with Crippen LogP contribution in [0.4, 0.5) is 0 Å². The van der Waals surface area contributed by atoms with E-state index in [0.29, 0.717) is 5.69 Å². The van der Waals surface area contributed by atoms with Crippen molar-refractivity contribution in [2.24, 2.45) is 7.05 Å². The van der Waals surface area contributed by atoms with Crippen LogP contribution in [0, 0.1) is 0 Å². The lowest BCUT2D eigenvalue weighted by Gasteiger charge is -2.27. The molecule has 3 heterocycles. The summed E-state index contributed by atoms with van der Waals surface area (Å²) in [6, 6.07) is 14.5. The Bertz CT molecular complexity index is 1400. The fourth-order valence-corrected chi connectivity index (χ4v) is 5.61. The maximum absolute atomic E-state index is 13.1. The van der Waals surface area contributed by atoms with Crippen molar-refractivity contribution in [2.75, 3.05) is 13.7 Å². The summed E-state index contributed by atoms with van der Waals surface area (Å²) in [7, 11) is 3.25. The van der Waals surface area contributed by atoms with Gasteiger partial charge in [-0.15, -0.1) is 11.3 Å². The molecule has 0 spiro atoms. The summed E-state index contributed by atoms with van der Waals surface area (Å²) in [5, 5.41) is 8.24. The third-order valence-corrected chi connectivity index (χ3v) is 7.12. The van der Waals surface area contributed by atoms with Crippen LogP contribution in [0.3, 0.4) is 0 Å². The first-order chi connectivity index (χ1) is 16.8. The van der Waals surface area contributed by atoms with Crippen molar-refractivity contribution in [3.63, 3.8) is 0 Å². The Morgan fingerprint density at radius 3 is 2.77 bits per heavy atom.